The summed E-state index contributed by atoms with van der Waals surface area (Å²) in [7, 11) is 0. The Labute approximate surface area is 142 Å². The molecule has 0 saturated carbocycles. The van der Waals surface area contributed by atoms with Crippen molar-refractivity contribution >= 4 is 33.7 Å². The molecule has 0 aromatic heterocycles. The van der Waals surface area contributed by atoms with Crippen molar-refractivity contribution in [1.29, 1.82) is 0 Å². The summed E-state index contributed by atoms with van der Waals surface area (Å²) >= 11 is 0. The van der Waals surface area contributed by atoms with Gasteiger partial charge in [0.05, 0.1) is 0 Å². The van der Waals surface area contributed by atoms with Crippen molar-refractivity contribution in [3.8, 4) is 0 Å². The Hall–Kier alpha value is -3.12. The maximum absolute atomic E-state index is 2.22. The molecule has 0 bridgehead atoms. The van der Waals surface area contributed by atoms with Gasteiger partial charge in [-0.3, -0.25) is 0 Å². The van der Waals surface area contributed by atoms with Crippen LogP contribution >= 0.6 is 0 Å². The second-order valence-electron chi connectivity index (χ2n) is 5.93. The van der Waals surface area contributed by atoms with E-state index in [1.54, 1.807) is 0 Å². The second kappa shape index (κ2) is 6.55. The van der Waals surface area contributed by atoms with Gasteiger partial charge in [0.2, 0.25) is 0 Å². The quantitative estimate of drug-likeness (QED) is 0.368. The van der Waals surface area contributed by atoms with Gasteiger partial charge in [0.25, 0.3) is 0 Å². The average molecular weight is 306 g/mol. The lowest BCUT2D eigenvalue weighted by Crippen LogP contribution is -1.75. The lowest BCUT2D eigenvalue weighted by atomic mass is 10.1. The average Bonchev–Trinajstić information content (AvgIpc) is 2.65. The van der Waals surface area contributed by atoms with E-state index in [-0.39, 0.29) is 0 Å². The first-order valence-electron chi connectivity index (χ1n) is 8.21. The molecule has 0 amide bonds. The highest BCUT2D eigenvalue weighted by atomic mass is 14.0. The highest BCUT2D eigenvalue weighted by Gasteiger charge is 1.93. The predicted octanol–water partition coefficient (Wildman–Crippen LogP) is 6.72. The Morgan fingerprint density at radius 3 is 1.29 bits per heavy atom. The molecule has 0 saturated heterocycles. The van der Waals surface area contributed by atoms with Crippen LogP contribution in [-0.4, -0.2) is 0 Å². The van der Waals surface area contributed by atoms with Gasteiger partial charge in [0.15, 0.2) is 0 Å². The molecule has 0 fully saturated rings. The number of hydrogen-bond donors (Lipinski definition) is 0. The first-order chi connectivity index (χ1) is 11.9. The van der Waals surface area contributed by atoms with Crippen LogP contribution in [-0.2, 0) is 0 Å². The molecule has 0 N–H and O–H groups in total. The molecule has 114 valence electrons. The highest BCUT2D eigenvalue weighted by Crippen LogP contribution is 2.18. The van der Waals surface area contributed by atoms with E-state index < -0.39 is 0 Å². The molecule has 0 spiro atoms. The van der Waals surface area contributed by atoms with Gasteiger partial charge in [-0.15, -0.1) is 0 Å². The van der Waals surface area contributed by atoms with Gasteiger partial charge in [-0.25, -0.2) is 0 Å². The molecule has 4 rings (SSSR count). The van der Waals surface area contributed by atoms with Crippen molar-refractivity contribution in [3.05, 3.63) is 108 Å². The van der Waals surface area contributed by atoms with Crippen LogP contribution in [0.15, 0.2) is 97.1 Å². The third-order valence-electron chi connectivity index (χ3n) is 4.24. The van der Waals surface area contributed by atoms with E-state index in [0.29, 0.717) is 0 Å². The minimum atomic E-state index is 1.22. The molecule has 24 heavy (non-hydrogen) atoms. The summed E-state index contributed by atoms with van der Waals surface area (Å²) < 4.78 is 0. The maximum atomic E-state index is 2.22. The first kappa shape index (κ1) is 14.5. The molecule has 0 radical (unpaired) electrons. The van der Waals surface area contributed by atoms with Crippen LogP contribution in [0.4, 0.5) is 0 Å². The van der Waals surface area contributed by atoms with E-state index >= 15 is 0 Å². The summed E-state index contributed by atoms with van der Waals surface area (Å²) in [5.41, 5.74) is 2.44. The summed E-state index contributed by atoms with van der Waals surface area (Å²) in [6, 6.07) is 30.0. The summed E-state index contributed by atoms with van der Waals surface area (Å²) in [6.07, 6.45) is 8.48. The van der Waals surface area contributed by atoms with Crippen molar-refractivity contribution in [3.63, 3.8) is 0 Å². The van der Waals surface area contributed by atoms with Gasteiger partial charge in [-0.1, -0.05) is 97.1 Å². The zero-order valence-corrected chi connectivity index (χ0v) is 13.4. The lowest BCUT2D eigenvalue weighted by Gasteiger charge is -1.99. The fraction of sp³-hybridized carbons (Fsp3) is 0. The minimum absolute atomic E-state index is 1.22. The van der Waals surface area contributed by atoms with Gasteiger partial charge in [0.1, 0.15) is 0 Å². The van der Waals surface area contributed by atoms with Crippen LogP contribution in [0, 0.1) is 0 Å². The van der Waals surface area contributed by atoms with Crippen LogP contribution in [0.2, 0.25) is 0 Å². The lowest BCUT2D eigenvalue weighted by molar-refractivity contribution is 1.70. The van der Waals surface area contributed by atoms with Crippen molar-refractivity contribution in [2.24, 2.45) is 0 Å². The number of hydrogen-bond acceptors (Lipinski definition) is 0. The van der Waals surface area contributed by atoms with E-state index in [9.17, 15) is 0 Å². The third kappa shape index (κ3) is 3.13. The Balaban J connectivity index is 1.53. The molecule has 0 heteroatoms. The molecule has 0 heterocycles. The fourth-order valence-corrected chi connectivity index (χ4v) is 2.96. The molecule has 0 aliphatic heterocycles. The van der Waals surface area contributed by atoms with Crippen LogP contribution in [0.25, 0.3) is 33.7 Å². The fourth-order valence-electron chi connectivity index (χ4n) is 2.96. The standard InChI is InChI=1S/C24H18/c1(7-19-13-15-21-9-3-5-11-23(21)17-19)2-8-20-14-16-22-10-4-6-12-24(22)18-20/h1-18H/b7-1+,8-2+. The maximum Gasteiger partial charge on any atom is -0.0178 e. The summed E-state index contributed by atoms with van der Waals surface area (Å²) in [5.74, 6) is 0. The SMILES string of the molecule is C(/C=C/c1ccc2ccccc2c1)=C\c1ccc2ccccc2c1. The minimum Gasteiger partial charge on any atom is -0.0617 e. The van der Waals surface area contributed by atoms with Crippen LogP contribution in [0.1, 0.15) is 11.1 Å². The third-order valence-corrected chi connectivity index (χ3v) is 4.24. The van der Waals surface area contributed by atoms with Gasteiger partial charge >= 0.3 is 0 Å². The molecule has 4 aromatic rings. The van der Waals surface area contributed by atoms with Crippen molar-refractivity contribution < 1.29 is 0 Å². The van der Waals surface area contributed by atoms with Crippen LogP contribution in [0.5, 0.6) is 0 Å². The van der Waals surface area contributed by atoms with Crippen LogP contribution in [0.3, 0.4) is 0 Å². The van der Waals surface area contributed by atoms with Gasteiger partial charge in [0, 0.05) is 0 Å². The molecular weight excluding hydrogens is 288 g/mol. The highest BCUT2D eigenvalue weighted by molar-refractivity contribution is 5.85. The monoisotopic (exact) mass is 306 g/mol. The molecule has 0 atom stereocenters. The molecule has 0 nitrogen and oxygen atoms in total. The van der Waals surface area contributed by atoms with Crippen molar-refractivity contribution in [2.75, 3.05) is 0 Å². The summed E-state index contributed by atoms with van der Waals surface area (Å²) in [6.45, 7) is 0. The van der Waals surface area contributed by atoms with E-state index in [2.05, 4.69) is 109 Å². The van der Waals surface area contributed by atoms with E-state index in [1.807, 2.05) is 0 Å². The van der Waals surface area contributed by atoms with Gasteiger partial charge in [-0.2, -0.15) is 0 Å². The Kier molecular flexibility index (Phi) is 3.95. The predicted molar refractivity (Wildman–Crippen MR) is 106 cm³/mol. The number of allylic oxidation sites excluding steroid dienone is 2. The molecule has 0 unspecified atom stereocenters. The van der Waals surface area contributed by atoms with E-state index in [4.69, 9.17) is 0 Å². The Morgan fingerprint density at radius 1 is 0.417 bits per heavy atom. The molecule has 0 aliphatic carbocycles. The Morgan fingerprint density at radius 2 is 0.833 bits per heavy atom. The zero-order valence-electron chi connectivity index (χ0n) is 13.4. The molecular formula is C24H18. The second-order valence-corrected chi connectivity index (χ2v) is 5.93. The zero-order chi connectivity index (χ0) is 16.2. The number of rotatable bonds is 3. The summed E-state index contributed by atoms with van der Waals surface area (Å²) in [4.78, 5) is 0. The van der Waals surface area contributed by atoms with E-state index in [1.165, 1.54) is 32.7 Å². The molecule has 4 aromatic carbocycles. The topological polar surface area (TPSA) is 0 Å². The van der Waals surface area contributed by atoms with Gasteiger partial charge in [-0.05, 0) is 44.8 Å². The van der Waals surface area contributed by atoms with Crippen molar-refractivity contribution in [1.82, 2.24) is 0 Å². The summed E-state index contributed by atoms with van der Waals surface area (Å²) in [5, 5.41) is 5.11. The van der Waals surface area contributed by atoms with Gasteiger partial charge < -0.3 is 0 Å². The van der Waals surface area contributed by atoms with E-state index in [0.717, 1.165) is 0 Å². The largest absolute Gasteiger partial charge is 0.0617 e. The smallest absolute Gasteiger partial charge is 0.0178 e. The van der Waals surface area contributed by atoms with Crippen LogP contribution < -0.4 is 0 Å². The molecule has 0 aliphatic rings. The number of fused-ring (bicyclic) bond motifs is 2. The first-order valence-corrected chi connectivity index (χ1v) is 8.21. The van der Waals surface area contributed by atoms with Crippen molar-refractivity contribution in [2.45, 2.75) is 0 Å². The number of benzene rings is 4. The normalized spacial score (nSPS) is 11.8. The Bertz CT molecular complexity index is 964.